The molecule has 1 aromatic carbocycles. The third-order valence-corrected chi connectivity index (χ3v) is 7.27. The molecule has 1 N–H and O–H groups in total. The molecular weight excluding hydrogens is 436 g/mol. The van der Waals surface area contributed by atoms with E-state index in [1.165, 1.54) is 4.90 Å². The first-order valence-electron chi connectivity index (χ1n) is 11.7. The molecule has 2 fully saturated rings. The monoisotopic (exact) mass is 460 g/mol. The number of aromatic nitrogens is 3. The van der Waals surface area contributed by atoms with Gasteiger partial charge in [-0.25, -0.2) is 4.68 Å². The van der Waals surface area contributed by atoms with Gasteiger partial charge in [-0.15, -0.1) is 5.10 Å². The summed E-state index contributed by atoms with van der Waals surface area (Å²) >= 11 is 0. The van der Waals surface area contributed by atoms with Gasteiger partial charge in [0.05, 0.1) is 17.9 Å². The number of nitrogens with zero attached hydrogens (tertiary/aromatic N) is 5. The molecule has 3 unspecified atom stereocenters. The Kier molecular flexibility index (Phi) is 4.82. The van der Waals surface area contributed by atoms with Crippen LogP contribution in [0.4, 0.5) is 0 Å². The number of benzene rings is 1. The number of rotatable bonds is 3. The largest absolute Gasteiger partial charge is 0.327 e. The van der Waals surface area contributed by atoms with E-state index in [9.17, 15) is 19.2 Å². The summed E-state index contributed by atoms with van der Waals surface area (Å²) in [6.45, 7) is 0.276. The van der Waals surface area contributed by atoms with Crippen LogP contribution in [0.1, 0.15) is 64.9 Å². The summed E-state index contributed by atoms with van der Waals surface area (Å²) < 4.78 is 1.54. The maximum Gasteiger partial charge on any atom is 0.276 e. The first-order chi connectivity index (χ1) is 16.5. The fourth-order valence-corrected chi connectivity index (χ4v) is 5.56. The Hall–Kier alpha value is -3.82. The summed E-state index contributed by atoms with van der Waals surface area (Å²) in [5.41, 5.74) is 2.28. The summed E-state index contributed by atoms with van der Waals surface area (Å²) in [5, 5.41) is 10.6. The second kappa shape index (κ2) is 7.89. The maximum absolute atomic E-state index is 13.2. The molecule has 1 aromatic heterocycles. The number of imide groups is 1. The fourth-order valence-electron chi connectivity index (χ4n) is 5.56. The van der Waals surface area contributed by atoms with Crippen LogP contribution in [0.2, 0.25) is 0 Å². The lowest BCUT2D eigenvalue weighted by Gasteiger charge is -2.42. The molecule has 174 valence electrons. The highest BCUT2D eigenvalue weighted by atomic mass is 16.2. The summed E-state index contributed by atoms with van der Waals surface area (Å²) in [6, 6.07) is 4.98. The van der Waals surface area contributed by atoms with Crippen molar-refractivity contribution in [1.82, 2.24) is 30.1 Å². The SMILES string of the molecule is O=C1CCC(N2Cc3cc(-n4cc(C(=O)N5C6C=CCC5CCC6)nn4)ccc3C2=O)C(=O)N1. The molecule has 34 heavy (non-hydrogen) atoms. The van der Waals surface area contributed by atoms with Gasteiger partial charge in [0.25, 0.3) is 11.8 Å². The molecule has 2 bridgehead atoms. The average Bonchev–Trinajstić information content (AvgIpc) is 3.43. The molecule has 0 saturated carbocycles. The van der Waals surface area contributed by atoms with E-state index in [-0.39, 0.29) is 42.8 Å². The number of piperidine rings is 2. The topological polar surface area (TPSA) is 118 Å². The fraction of sp³-hybridized carbons (Fsp3) is 0.417. The number of carbonyl (C=O) groups excluding carboxylic acids is 4. The van der Waals surface area contributed by atoms with Crippen LogP contribution < -0.4 is 5.32 Å². The quantitative estimate of drug-likeness (QED) is 0.546. The van der Waals surface area contributed by atoms with Crippen LogP contribution in [0.15, 0.2) is 36.5 Å². The third kappa shape index (κ3) is 3.32. The van der Waals surface area contributed by atoms with Crippen molar-refractivity contribution >= 4 is 23.6 Å². The van der Waals surface area contributed by atoms with Gasteiger partial charge < -0.3 is 9.80 Å². The van der Waals surface area contributed by atoms with Crippen molar-refractivity contribution in [2.24, 2.45) is 0 Å². The number of hydrogen-bond donors (Lipinski definition) is 1. The molecule has 0 spiro atoms. The van der Waals surface area contributed by atoms with Gasteiger partial charge in [-0.3, -0.25) is 24.5 Å². The van der Waals surface area contributed by atoms with Crippen LogP contribution >= 0.6 is 0 Å². The first-order valence-corrected chi connectivity index (χ1v) is 11.7. The summed E-state index contributed by atoms with van der Waals surface area (Å²) in [5.74, 6) is -1.08. The Morgan fingerprint density at radius 2 is 2.00 bits per heavy atom. The standard InChI is InChI=1S/C24H24N6O4/c31-21-10-9-20(22(32)25-21)28-12-14-11-17(7-8-18(14)23(28)33)29-13-19(26-27-29)24(34)30-15-3-1-4-16(30)6-2-5-15/h1,3,7-8,11,13,15-16,20H,2,4-6,9-10,12H2,(H,25,31,32). The van der Waals surface area contributed by atoms with E-state index in [1.54, 1.807) is 23.0 Å². The van der Waals surface area contributed by atoms with Gasteiger partial charge in [-0.05, 0) is 55.9 Å². The zero-order chi connectivity index (χ0) is 23.4. The molecule has 5 heterocycles. The second-order valence-electron chi connectivity index (χ2n) is 9.32. The van der Waals surface area contributed by atoms with Crippen LogP contribution in [0.25, 0.3) is 5.69 Å². The number of hydrogen-bond acceptors (Lipinski definition) is 6. The van der Waals surface area contributed by atoms with E-state index in [4.69, 9.17) is 0 Å². The van der Waals surface area contributed by atoms with Crippen molar-refractivity contribution in [2.75, 3.05) is 0 Å². The number of nitrogens with one attached hydrogen (secondary N) is 1. The molecule has 4 amide bonds. The van der Waals surface area contributed by atoms with E-state index in [1.807, 2.05) is 11.0 Å². The molecule has 10 heteroatoms. The van der Waals surface area contributed by atoms with Crippen molar-refractivity contribution in [2.45, 2.75) is 63.2 Å². The predicted molar refractivity (Wildman–Crippen MR) is 119 cm³/mol. The molecule has 0 radical (unpaired) electrons. The average molecular weight is 460 g/mol. The Bertz CT molecular complexity index is 1250. The number of amides is 4. The Labute approximate surface area is 195 Å². The van der Waals surface area contributed by atoms with E-state index in [0.717, 1.165) is 31.2 Å². The van der Waals surface area contributed by atoms with Gasteiger partial charge in [0, 0.05) is 24.6 Å². The minimum absolute atomic E-state index is 0.106. The number of carbonyl (C=O) groups is 4. The highest BCUT2D eigenvalue weighted by molar-refractivity contribution is 6.05. The molecule has 6 rings (SSSR count). The van der Waals surface area contributed by atoms with E-state index < -0.39 is 11.9 Å². The molecule has 3 atom stereocenters. The molecule has 2 saturated heterocycles. The minimum atomic E-state index is -0.658. The minimum Gasteiger partial charge on any atom is -0.327 e. The molecule has 4 aliphatic rings. The number of fused-ring (bicyclic) bond motifs is 3. The van der Waals surface area contributed by atoms with Gasteiger partial charge in [-0.1, -0.05) is 17.4 Å². The lowest BCUT2D eigenvalue weighted by atomic mass is 9.89. The normalized spacial score (nSPS) is 26.0. The van der Waals surface area contributed by atoms with Crippen molar-refractivity contribution < 1.29 is 19.2 Å². The van der Waals surface area contributed by atoms with Crippen molar-refractivity contribution in [1.29, 1.82) is 0 Å². The van der Waals surface area contributed by atoms with Gasteiger partial charge in [0.15, 0.2) is 5.69 Å². The van der Waals surface area contributed by atoms with Gasteiger partial charge in [-0.2, -0.15) is 0 Å². The van der Waals surface area contributed by atoms with Gasteiger partial charge >= 0.3 is 0 Å². The van der Waals surface area contributed by atoms with Crippen LogP contribution in [-0.2, 0) is 16.1 Å². The Morgan fingerprint density at radius 3 is 2.82 bits per heavy atom. The second-order valence-corrected chi connectivity index (χ2v) is 9.32. The van der Waals surface area contributed by atoms with Crippen LogP contribution in [0.5, 0.6) is 0 Å². The van der Waals surface area contributed by atoms with Crippen molar-refractivity contribution in [3.8, 4) is 5.69 Å². The molecule has 2 aromatic rings. The Morgan fingerprint density at radius 1 is 1.12 bits per heavy atom. The summed E-state index contributed by atoms with van der Waals surface area (Å²) in [4.78, 5) is 53.3. The van der Waals surface area contributed by atoms with Crippen molar-refractivity contribution in [3.05, 3.63) is 53.4 Å². The molecular formula is C24H24N6O4. The highest BCUT2D eigenvalue weighted by Gasteiger charge is 2.39. The van der Waals surface area contributed by atoms with Crippen LogP contribution in [0.3, 0.4) is 0 Å². The third-order valence-electron chi connectivity index (χ3n) is 7.27. The summed E-state index contributed by atoms with van der Waals surface area (Å²) in [7, 11) is 0. The molecule has 0 aliphatic carbocycles. The molecule has 10 nitrogen and oxygen atoms in total. The zero-order valence-electron chi connectivity index (χ0n) is 18.5. The predicted octanol–water partition coefficient (Wildman–Crippen LogP) is 1.35. The zero-order valence-corrected chi connectivity index (χ0v) is 18.5. The van der Waals surface area contributed by atoms with Gasteiger partial charge in [0.2, 0.25) is 11.8 Å². The lowest BCUT2D eigenvalue weighted by molar-refractivity contribution is -0.136. The van der Waals surface area contributed by atoms with Crippen molar-refractivity contribution in [3.63, 3.8) is 0 Å². The molecule has 4 aliphatic heterocycles. The smallest absolute Gasteiger partial charge is 0.276 e. The maximum atomic E-state index is 13.2. The Balaban J connectivity index is 1.22. The van der Waals surface area contributed by atoms with Crippen LogP contribution in [-0.4, -0.2) is 66.5 Å². The van der Waals surface area contributed by atoms with Gasteiger partial charge in [0.1, 0.15) is 6.04 Å². The summed E-state index contributed by atoms with van der Waals surface area (Å²) in [6.07, 6.45) is 10.4. The van der Waals surface area contributed by atoms with E-state index in [2.05, 4.69) is 27.8 Å². The van der Waals surface area contributed by atoms with E-state index in [0.29, 0.717) is 23.4 Å². The van der Waals surface area contributed by atoms with Crippen LogP contribution in [0, 0.1) is 0 Å². The lowest BCUT2D eigenvalue weighted by Crippen LogP contribution is -2.52. The first kappa shape index (κ1) is 20.8. The highest BCUT2D eigenvalue weighted by Crippen LogP contribution is 2.32. The van der Waals surface area contributed by atoms with E-state index >= 15 is 0 Å².